The maximum absolute atomic E-state index is 12.1. The highest BCUT2D eigenvalue weighted by molar-refractivity contribution is 7.92. The van der Waals surface area contributed by atoms with Gasteiger partial charge in [-0.05, 0) is 36.2 Å². The molecule has 0 aliphatic heterocycles. The summed E-state index contributed by atoms with van der Waals surface area (Å²) in [6, 6.07) is 11.2. The fourth-order valence-electron chi connectivity index (χ4n) is 1.69. The number of pyridine rings is 1. The normalized spacial score (nSPS) is 10.9. The first-order valence-corrected chi connectivity index (χ1v) is 7.62. The molecule has 1 heterocycles. The predicted molar refractivity (Wildman–Crippen MR) is 77.0 cm³/mol. The van der Waals surface area contributed by atoms with Crippen molar-refractivity contribution in [3.8, 4) is 6.07 Å². The fraction of sp³-hybridized carbons (Fsp3) is 0.143. The topological polar surface area (TPSA) is 103 Å². The lowest BCUT2D eigenvalue weighted by atomic mass is 10.1. The Morgan fingerprint density at radius 1 is 1.19 bits per heavy atom. The van der Waals surface area contributed by atoms with E-state index in [9.17, 15) is 8.42 Å². The minimum absolute atomic E-state index is 0.0130. The molecule has 0 saturated heterocycles. The van der Waals surface area contributed by atoms with E-state index in [1.165, 1.54) is 12.1 Å². The molecule has 6 nitrogen and oxygen atoms in total. The molecule has 21 heavy (non-hydrogen) atoms. The van der Waals surface area contributed by atoms with Gasteiger partial charge in [-0.25, -0.2) is 13.4 Å². The lowest BCUT2D eigenvalue weighted by molar-refractivity contribution is 0.299. The van der Waals surface area contributed by atoms with Crippen molar-refractivity contribution in [3.63, 3.8) is 0 Å². The van der Waals surface area contributed by atoms with Crippen LogP contribution in [0.4, 0.5) is 5.69 Å². The average molecular weight is 303 g/mol. The Hall–Kier alpha value is -2.43. The Balaban J connectivity index is 2.18. The van der Waals surface area contributed by atoms with Crippen molar-refractivity contribution in [1.82, 2.24) is 4.98 Å². The molecule has 0 aliphatic rings. The molecule has 0 spiro atoms. The number of nitrogens with zero attached hydrogens (tertiary/aromatic N) is 2. The van der Waals surface area contributed by atoms with Gasteiger partial charge in [-0.3, -0.25) is 4.72 Å². The number of nitrogens with one attached hydrogen (secondary N) is 1. The molecule has 0 radical (unpaired) electrons. The third kappa shape index (κ3) is 3.78. The summed E-state index contributed by atoms with van der Waals surface area (Å²) in [4.78, 5) is 3.72. The largest absolute Gasteiger partial charge is 0.396 e. The van der Waals surface area contributed by atoms with Crippen LogP contribution in [0.15, 0.2) is 47.5 Å². The van der Waals surface area contributed by atoms with Gasteiger partial charge in [-0.1, -0.05) is 12.1 Å². The van der Waals surface area contributed by atoms with E-state index in [4.69, 9.17) is 10.4 Å². The zero-order chi connectivity index (χ0) is 15.3. The van der Waals surface area contributed by atoms with Crippen LogP contribution in [0.1, 0.15) is 11.3 Å². The quantitative estimate of drug-likeness (QED) is 0.866. The van der Waals surface area contributed by atoms with Gasteiger partial charge in [0.15, 0.2) is 0 Å². The molecule has 2 rings (SSSR count). The minimum atomic E-state index is -3.73. The Morgan fingerprint density at radius 2 is 1.90 bits per heavy atom. The Labute approximate surface area is 122 Å². The van der Waals surface area contributed by atoms with Gasteiger partial charge >= 0.3 is 0 Å². The fourth-order valence-corrected chi connectivity index (χ4v) is 2.69. The van der Waals surface area contributed by atoms with Crippen molar-refractivity contribution >= 4 is 15.7 Å². The van der Waals surface area contributed by atoms with Gasteiger partial charge < -0.3 is 5.11 Å². The summed E-state index contributed by atoms with van der Waals surface area (Å²) in [5, 5.41) is 17.5. The summed E-state index contributed by atoms with van der Waals surface area (Å²) in [7, 11) is -3.73. The first-order valence-electron chi connectivity index (χ1n) is 6.14. The Kier molecular flexibility index (Phi) is 4.52. The molecular formula is C14H13N3O3S. The number of rotatable bonds is 5. The number of benzene rings is 1. The van der Waals surface area contributed by atoms with E-state index in [0.717, 1.165) is 11.8 Å². The third-order valence-electron chi connectivity index (χ3n) is 2.77. The second kappa shape index (κ2) is 6.35. The number of aliphatic hydroxyl groups is 1. The number of hydrogen-bond acceptors (Lipinski definition) is 5. The Morgan fingerprint density at radius 3 is 2.43 bits per heavy atom. The molecular weight excluding hydrogens is 290 g/mol. The van der Waals surface area contributed by atoms with Crippen LogP contribution in [0.2, 0.25) is 0 Å². The van der Waals surface area contributed by atoms with Crippen molar-refractivity contribution in [2.75, 3.05) is 11.3 Å². The van der Waals surface area contributed by atoms with Crippen LogP contribution in [0.5, 0.6) is 0 Å². The molecule has 2 N–H and O–H groups in total. The van der Waals surface area contributed by atoms with Gasteiger partial charge in [0.25, 0.3) is 10.0 Å². The molecule has 108 valence electrons. The molecule has 0 fully saturated rings. The summed E-state index contributed by atoms with van der Waals surface area (Å²) in [6.07, 6.45) is 1.66. The van der Waals surface area contributed by atoms with E-state index >= 15 is 0 Å². The third-order valence-corrected chi connectivity index (χ3v) is 4.13. The maximum atomic E-state index is 12.1. The molecule has 7 heteroatoms. The van der Waals surface area contributed by atoms with Crippen molar-refractivity contribution in [2.45, 2.75) is 11.3 Å². The van der Waals surface area contributed by atoms with Crippen LogP contribution in [0.25, 0.3) is 0 Å². The molecule has 0 bridgehead atoms. The van der Waals surface area contributed by atoms with Crippen molar-refractivity contribution < 1.29 is 13.5 Å². The van der Waals surface area contributed by atoms with Gasteiger partial charge in [0.2, 0.25) is 0 Å². The van der Waals surface area contributed by atoms with E-state index in [2.05, 4.69) is 9.71 Å². The van der Waals surface area contributed by atoms with Gasteiger partial charge in [-0.2, -0.15) is 5.26 Å². The van der Waals surface area contributed by atoms with Crippen molar-refractivity contribution in [3.05, 3.63) is 53.9 Å². The number of anilines is 1. The van der Waals surface area contributed by atoms with Crippen LogP contribution < -0.4 is 4.72 Å². The maximum Gasteiger partial charge on any atom is 0.263 e. The number of aromatic nitrogens is 1. The first kappa shape index (κ1) is 15.0. The zero-order valence-electron chi connectivity index (χ0n) is 11.0. The highest BCUT2D eigenvalue weighted by atomic mass is 32.2. The molecule has 0 aliphatic carbocycles. The predicted octanol–water partition coefficient (Wildman–Crippen LogP) is 1.29. The molecule has 0 amide bonds. The minimum Gasteiger partial charge on any atom is -0.396 e. The van der Waals surface area contributed by atoms with Crippen molar-refractivity contribution in [1.29, 1.82) is 5.26 Å². The number of hydrogen-bond donors (Lipinski definition) is 2. The van der Waals surface area contributed by atoms with Gasteiger partial charge in [0.1, 0.15) is 16.7 Å². The van der Waals surface area contributed by atoms with Gasteiger partial charge in [0.05, 0.1) is 0 Å². The lowest BCUT2D eigenvalue weighted by Gasteiger charge is -2.08. The lowest BCUT2D eigenvalue weighted by Crippen LogP contribution is -2.13. The molecule has 1 aromatic carbocycles. The number of aliphatic hydroxyl groups excluding tert-OH is 1. The second-order valence-corrected chi connectivity index (χ2v) is 5.95. The van der Waals surface area contributed by atoms with E-state index in [1.807, 2.05) is 6.07 Å². The van der Waals surface area contributed by atoms with Crippen LogP contribution >= 0.6 is 0 Å². The summed E-state index contributed by atoms with van der Waals surface area (Å²) >= 11 is 0. The highest BCUT2D eigenvalue weighted by Gasteiger charge is 2.14. The van der Waals surface area contributed by atoms with Crippen LogP contribution in [0.3, 0.4) is 0 Å². The molecule has 0 saturated carbocycles. The second-order valence-electron chi connectivity index (χ2n) is 4.27. The molecule has 0 unspecified atom stereocenters. The number of nitriles is 1. The van der Waals surface area contributed by atoms with E-state index < -0.39 is 10.0 Å². The van der Waals surface area contributed by atoms with Gasteiger partial charge in [-0.15, -0.1) is 0 Å². The van der Waals surface area contributed by atoms with E-state index in [1.54, 1.807) is 24.3 Å². The summed E-state index contributed by atoms with van der Waals surface area (Å²) < 4.78 is 26.7. The van der Waals surface area contributed by atoms with Crippen LogP contribution in [0, 0.1) is 11.3 Å². The molecule has 0 atom stereocenters. The number of sulfonamides is 1. The van der Waals surface area contributed by atoms with E-state index in [0.29, 0.717) is 12.1 Å². The molecule has 1 aromatic heterocycles. The van der Waals surface area contributed by atoms with Crippen molar-refractivity contribution in [2.24, 2.45) is 0 Å². The summed E-state index contributed by atoms with van der Waals surface area (Å²) in [5.41, 5.74) is 1.49. The zero-order valence-corrected chi connectivity index (χ0v) is 11.8. The summed E-state index contributed by atoms with van der Waals surface area (Å²) in [6.45, 7) is 0.0436. The van der Waals surface area contributed by atoms with E-state index in [-0.39, 0.29) is 17.2 Å². The van der Waals surface area contributed by atoms with Crippen LogP contribution in [-0.2, 0) is 16.4 Å². The Bertz CT molecular complexity index is 748. The first-order chi connectivity index (χ1) is 10.0. The monoisotopic (exact) mass is 303 g/mol. The standard InChI is InChI=1S/C14H13N3O3S/c15-9-13-5-6-14(10-16-13)21(19,20)17-12-3-1-11(2-4-12)7-8-18/h1-6,10,17-18H,7-8H2. The van der Waals surface area contributed by atoms with Gasteiger partial charge in [0, 0.05) is 18.5 Å². The molecule has 2 aromatic rings. The SMILES string of the molecule is N#Cc1ccc(S(=O)(=O)Nc2ccc(CCO)cc2)cn1. The summed E-state index contributed by atoms with van der Waals surface area (Å²) in [5.74, 6) is 0. The smallest absolute Gasteiger partial charge is 0.263 e. The highest BCUT2D eigenvalue weighted by Crippen LogP contribution is 2.16. The van der Waals surface area contributed by atoms with Crippen LogP contribution in [-0.4, -0.2) is 25.1 Å². The average Bonchev–Trinajstić information content (AvgIpc) is 2.49.